The van der Waals surface area contributed by atoms with Crippen molar-refractivity contribution in [3.05, 3.63) is 58.6 Å². The van der Waals surface area contributed by atoms with Crippen LogP contribution in [-0.4, -0.2) is 48.1 Å². The minimum Gasteiger partial charge on any atom is -0.489 e. The highest BCUT2D eigenvalue weighted by Crippen LogP contribution is 2.23. The molecule has 0 saturated heterocycles. The number of anilines is 1. The number of amides is 1. The number of carbonyl (C=O) groups is 1. The largest absolute Gasteiger partial charge is 0.489 e. The van der Waals surface area contributed by atoms with E-state index in [9.17, 15) is 9.90 Å². The summed E-state index contributed by atoms with van der Waals surface area (Å²) in [7, 11) is 0. The number of aliphatic hydroxyl groups excluding tert-OH is 1. The number of hydrazone groups is 1. The molecule has 180 valence electrons. The van der Waals surface area contributed by atoms with Crippen LogP contribution in [0.1, 0.15) is 38.3 Å². The van der Waals surface area contributed by atoms with E-state index in [-0.39, 0.29) is 24.0 Å². The first-order valence-electron chi connectivity index (χ1n) is 11.1. The molecule has 0 saturated carbocycles. The van der Waals surface area contributed by atoms with Crippen molar-refractivity contribution in [2.75, 3.05) is 25.0 Å². The van der Waals surface area contributed by atoms with Crippen LogP contribution < -0.4 is 20.8 Å². The molecule has 9 heteroatoms. The van der Waals surface area contributed by atoms with Crippen LogP contribution in [-0.2, 0) is 4.79 Å². The van der Waals surface area contributed by atoms with Gasteiger partial charge in [0.15, 0.2) is 0 Å². The molecule has 3 rings (SSSR count). The van der Waals surface area contributed by atoms with Crippen molar-refractivity contribution in [3.63, 3.8) is 0 Å². The zero-order valence-corrected chi connectivity index (χ0v) is 20.3. The summed E-state index contributed by atoms with van der Waals surface area (Å²) < 4.78 is 5.59. The van der Waals surface area contributed by atoms with Gasteiger partial charge in [-0.15, -0.1) is 0 Å². The van der Waals surface area contributed by atoms with E-state index >= 15 is 0 Å². The molecule has 1 aliphatic rings. The molecule has 0 unspecified atom stereocenters. The van der Waals surface area contributed by atoms with Gasteiger partial charge in [0, 0.05) is 47.7 Å². The Kier molecular flexibility index (Phi) is 8.51. The summed E-state index contributed by atoms with van der Waals surface area (Å²) >= 11 is 5.96. The van der Waals surface area contributed by atoms with E-state index in [4.69, 9.17) is 21.6 Å². The first-order chi connectivity index (χ1) is 16.2. The molecule has 0 spiro atoms. The van der Waals surface area contributed by atoms with E-state index in [1.807, 2.05) is 51.1 Å². The summed E-state index contributed by atoms with van der Waals surface area (Å²) in [6.07, 6.45) is -0.323. The number of rotatable bonds is 10. The van der Waals surface area contributed by atoms with Gasteiger partial charge in [0.1, 0.15) is 24.5 Å². The number of nitriles is 1. The first kappa shape index (κ1) is 25.5. The van der Waals surface area contributed by atoms with Crippen LogP contribution in [0, 0.1) is 17.2 Å². The Morgan fingerprint density at radius 1 is 1.32 bits per heavy atom. The molecular formula is C25H30ClN5O3. The topological polar surface area (TPSA) is 119 Å². The molecule has 1 amide bonds. The lowest BCUT2D eigenvalue weighted by Crippen LogP contribution is -2.49. The number of β-amino-alcohol motifs (C(OH)–C–C–N with tert-alkyl or cyclic N) is 1. The standard InChI is InChI=1S/C25H30ClN5O3/c1-16-10-23(33)30-31-24(16)17-5-8-20(9-6-17)28-15-25(2,3)29-13-21(32)14-34-22-11-19(26)7-4-18(22)12-27/h4-9,11,16,21,28-29,32H,10,13-15H2,1-3H3,(H,30,33)/t16-,21-/m1/s1. The zero-order valence-electron chi connectivity index (χ0n) is 19.6. The van der Waals surface area contributed by atoms with Crippen LogP contribution in [0.4, 0.5) is 5.69 Å². The van der Waals surface area contributed by atoms with Gasteiger partial charge in [-0.3, -0.25) is 4.79 Å². The fourth-order valence-electron chi connectivity index (χ4n) is 3.49. The van der Waals surface area contributed by atoms with Gasteiger partial charge < -0.3 is 20.5 Å². The maximum Gasteiger partial charge on any atom is 0.240 e. The third-order valence-electron chi connectivity index (χ3n) is 5.49. The highest BCUT2D eigenvalue weighted by molar-refractivity contribution is 6.30. The predicted octanol–water partition coefficient (Wildman–Crippen LogP) is 3.29. The quantitative estimate of drug-likeness (QED) is 0.411. The van der Waals surface area contributed by atoms with Crippen LogP contribution >= 0.6 is 11.6 Å². The molecule has 0 aromatic heterocycles. The third-order valence-corrected chi connectivity index (χ3v) is 5.72. The average Bonchev–Trinajstić information content (AvgIpc) is 2.81. The third kappa shape index (κ3) is 7.19. The summed E-state index contributed by atoms with van der Waals surface area (Å²) in [5.41, 5.74) is 5.43. The van der Waals surface area contributed by atoms with E-state index < -0.39 is 6.10 Å². The molecule has 0 fully saturated rings. The summed E-state index contributed by atoms with van der Waals surface area (Å²) in [4.78, 5) is 11.4. The number of benzene rings is 2. The maximum atomic E-state index is 11.4. The lowest BCUT2D eigenvalue weighted by Gasteiger charge is -2.28. The molecule has 2 atom stereocenters. The van der Waals surface area contributed by atoms with Crippen molar-refractivity contribution < 1.29 is 14.6 Å². The number of hydrogen-bond donors (Lipinski definition) is 4. The maximum absolute atomic E-state index is 11.4. The summed E-state index contributed by atoms with van der Waals surface area (Å²) in [5, 5.41) is 30.9. The number of carbonyl (C=O) groups excluding carboxylic acids is 1. The minimum atomic E-state index is -0.761. The smallest absolute Gasteiger partial charge is 0.240 e. The summed E-state index contributed by atoms with van der Waals surface area (Å²) in [5.74, 6) is 0.378. The van der Waals surface area contributed by atoms with Crippen LogP contribution in [0.2, 0.25) is 5.02 Å². The molecule has 2 aromatic carbocycles. The van der Waals surface area contributed by atoms with Crippen molar-refractivity contribution in [1.29, 1.82) is 5.26 Å². The molecule has 1 aliphatic heterocycles. The predicted molar refractivity (Wildman–Crippen MR) is 133 cm³/mol. The number of nitrogens with zero attached hydrogens (tertiary/aromatic N) is 2. The molecular weight excluding hydrogens is 454 g/mol. The van der Waals surface area contributed by atoms with E-state index in [2.05, 4.69) is 21.2 Å². The SMILES string of the molecule is C[C@@H]1CC(=O)NN=C1c1ccc(NCC(C)(C)NC[C@@H](O)COc2cc(Cl)ccc2C#N)cc1. The molecule has 34 heavy (non-hydrogen) atoms. The van der Waals surface area contributed by atoms with Gasteiger partial charge in [0.2, 0.25) is 5.91 Å². The highest BCUT2D eigenvalue weighted by atomic mass is 35.5. The van der Waals surface area contributed by atoms with Gasteiger partial charge in [-0.1, -0.05) is 30.7 Å². The van der Waals surface area contributed by atoms with Crippen molar-refractivity contribution in [3.8, 4) is 11.8 Å². The van der Waals surface area contributed by atoms with Crippen molar-refractivity contribution in [2.45, 2.75) is 38.8 Å². The second-order valence-corrected chi connectivity index (χ2v) is 9.49. The highest BCUT2D eigenvalue weighted by Gasteiger charge is 2.22. The van der Waals surface area contributed by atoms with Gasteiger partial charge in [0.05, 0.1) is 11.3 Å². The van der Waals surface area contributed by atoms with Crippen LogP contribution in [0.25, 0.3) is 0 Å². The van der Waals surface area contributed by atoms with Gasteiger partial charge in [0.25, 0.3) is 0 Å². The first-order valence-corrected chi connectivity index (χ1v) is 11.5. The van der Waals surface area contributed by atoms with E-state index in [1.165, 1.54) is 0 Å². The molecule has 8 nitrogen and oxygen atoms in total. The molecule has 0 bridgehead atoms. The van der Waals surface area contributed by atoms with Crippen molar-refractivity contribution in [2.24, 2.45) is 11.0 Å². The molecule has 2 aromatic rings. The lowest BCUT2D eigenvalue weighted by molar-refractivity contribution is -0.121. The van der Waals surface area contributed by atoms with E-state index in [1.54, 1.807) is 18.2 Å². The van der Waals surface area contributed by atoms with E-state index in [0.29, 0.717) is 35.8 Å². The van der Waals surface area contributed by atoms with E-state index in [0.717, 1.165) is 17.0 Å². The summed E-state index contributed by atoms with van der Waals surface area (Å²) in [6.45, 7) is 7.05. The number of aliphatic hydroxyl groups is 1. The number of halogens is 1. The van der Waals surface area contributed by atoms with Gasteiger partial charge in [-0.2, -0.15) is 10.4 Å². The van der Waals surface area contributed by atoms with Gasteiger partial charge >= 0.3 is 0 Å². The Morgan fingerprint density at radius 3 is 2.74 bits per heavy atom. The molecule has 0 aliphatic carbocycles. The number of hydrogen-bond acceptors (Lipinski definition) is 7. The number of nitrogens with one attached hydrogen (secondary N) is 3. The molecule has 1 heterocycles. The van der Waals surface area contributed by atoms with Crippen molar-refractivity contribution >= 4 is 28.9 Å². The van der Waals surface area contributed by atoms with Crippen LogP contribution in [0.15, 0.2) is 47.6 Å². The van der Waals surface area contributed by atoms with Gasteiger partial charge in [-0.05, 0) is 43.7 Å². The average molecular weight is 484 g/mol. The monoisotopic (exact) mass is 483 g/mol. The molecule has 4 N–H and O–H groups in total. The second kappa shape index (κ2) is 11.3. The second-order valence-electron chi connectivity index (χ2n) is 9.05. The van der Waals surface area contributed by atoms with Gasteiger partial charge in [-0.25, -0.2) is 5.43 Å². The number of ether oxygens (including phenoxy) is 1. The zero-order chi connectivity index (χ0) is 24.7. The molecule has 0 radical (unpaired) electrons. The Balaban J connectivity index is 1.46. The van der Waals surface area contributed by atoms with Crippen molar-refractivity contribution in [1.82, 2.24) is 10.7 Å². The Bertz CT molecular complexity index is 1080. The summed E-state index contributed by atoms with van der Waals surface area (Å²) in [6, 6.07) is 14.8. The normalized spacial score (nSPS) is 16.8. The fraction of sp³-hybridized carbons (Fsp3) is 0.400. The Morgan fingerprint density at radius 2 is 2.06 bits per heavy atom. The Labute approximate surface area is 205 Å². The fourth-order valence-corrected chi connectivity index (χ4v) is 3.66. The Hall–Kier alpha value is -3.12. The van der Waals surface area contributed by atoms with Crippen LogP contribution in [0.5, 0.6) is 5.75 Å². The lowest BCUT2D eigenvalue weighted by atomic mass is 9.94. The van der Waals surface area contributed by atoms with Crippen LogP contribution in [0.3, 0.4) is 0 Å². The minimum absolute atomic E-state index is 0.0375.